The van der Waals surface area contributed by atoms with Gasteiger partial charge in [0.25, 0.3) is 0 Å². The second kappa shape index (κ2) is 24.7. The van der Waals surface area contributed by atoms with E-state index in [1.165, 1.54) is 0 Å². The molecule has 13 unspecified atom stereocenters. The Morgan fingerprint density at radius 2 is 0.743 bits per heavy atom. The average molecular weight is 1030 g/mol. The van der Waals surface area contributed by atoms with Gasteiger partial charge in [-0.3, -0.25) is 4.79 Å². The molecule has 408 valence electrons. The zero-order chi connectivity index (χ0) is 51.6. The van der Waals surface area contributed by atoms with E-state index in [1.807, 2.05) is 0 Å². The number of nitrogens with one attached hydrogen (secondary N) is 1. The third-order valence-electron chi connectivity index (χ3n) is 12.8. The molecule has 6 aliphatic heterocycles. The second-order valence-corrected chi connectivity index (χ2v) is 17.6. The lowest BCUT2D eigenvalue weighted by molar-refractivity contribution is -0.396. The van der Waals surface area contributed by atoms with E-state index < -0.39 is 230 Å². The van der Waals surface area contributed by atoms with E-state index >= 15 is 0 Å². The van der Waals surface area contributed by atoms with E-state index in [1.54, 1.807) is 0 Å². The van der Waals surface area contributed by atoms with E-state index in [2.05, 4.69) is 5.32 Å². The molecule has 0 aromatic rings. The molecule has 32 heteroatoms. The van der Waals surface area contributed by atoms with Crippen molar-refractivity contribution < 1.29 is 154 Å². The molecule has 6 aliphatic rings. The van der Waals surface area contributed by atoms with Gasteiger partial charge in [-0.05, 0) is 0 Å². The number of ether oxygens (including phenoxy) is 11. The number of carbonyl (C=O) groups excluding carboxylic acids is 1. The maximum atomic E-state index is 12.0. The fourth-order valence-electron chi connectivity index (χ4n) is 8.69. The second-order valence-electron chi connectivity index (χ2n) is 17.6. The van der Waals surface area contributed by atoms with E-state index in [9.17, 15) is 102 Å². The predicted molar refractivity (Wildman–Crippen MR) is 211 cm³/mol. The highest BCUT2D eigenvalue weighted by Gasteiger charge is 2.57. The zero-order valence-corrected chi connectivity index (χ0v) is 37.0. The van der Waals surface area contributed by atoms with Crippen molar-refractivity contribution in [2.75, 3.05) is 39.6 Å². The van der Waals surface area contributed by atoms with Crippen molar-refractivity contribution in [1.82, 2.24) is 5.32 Å². The summed E-state index contributed by atoms with van der Waals surface area (Å²) in [6, 6.07) is -1.62. The van der Waals surface area contributed by atoms with Crippen LogP contribution in [0.3, 0.4) is 0 Å². The maximum absolute atomic E-state index is 12.0. The van der Waals surface area contributed by atoms with Crippen molar-refractivity contribution >= 4 is 5.91 Å². The maximum Gasteiger partial charge on any atom is 0.217 e. The first-order chi connectivity index (χ1) is 33.1. The molecule has 1 amide bonds. The Morgan fingerprint density at radius 3 is 1.24 bits per heavy atom. The van der Waals surface area contributed by atoms with E-state index in [4.69, 9.17) is 52.1 Å². The van der Waals surface area contributed by atoms with Crippen LogP contribution in [-0.4, -0.2) is 327 Å². The minimum atomic E-state index is -2.28. The SMILES string of the molecule is CC(=O)N[C@H]1C(O)OC(CO)[C@H](O[C@H]2OC(CO[C@@H]3OC(CO[C@@H]4OC(CO)[C@H](O)C(O)[C@@H]4O)[C@H](O)C(O)[C@@H]3O)[C@H](O)C(O[C@@H]3O[C@H](CO)[C@H](O)C(O)C3O[C@@H]3O[C@H](CO)[C@H](O)C(O)C3O)[C@@H]2O)C1O. The molecule has 0 aliphatic carbocycles. The number of hydrogen-bond donors (Lipinski definition) is 20. The van der Waals surface area contributed by atoms with Gasteiger partial charge in [-0.2, -0.15) is 0 Å². The van der Waals surface area contributed by atoms with Crippen molar-refractivity contribution in [3.8, 4) is 0 Å². The van der Waals surface area contributed by atoms with Gasteiger partial charge in [-0.25, -0.2) is 0 Å². The summed E-state index contributed by atoms with van der Waals surface area (Å²) in [4.78, 5) is 12.0. The highest BCUT2D eigenvalue weighted by Crippen LogP contribution is 2.36. The molecule has 6 heterocycles. The average Bonchev–Trinajstić information content (AvgIpc) is 3.33. The summed E-state index contributed by atoms with van der Waals surface area (Å²) in [6.45, 7) is -4.40. The topological polar surface area (TPSA) is 515 Å². The zero-order valence-electron chi connectivity index (χ0n) is 37.0. The first kappa shape index (κ1) is 57.5. The normalized spacial score (nSPS) is 51.5. The number of amides is 1. The molecule has 6 saturated heterocycles. The Balaban J connectivity index is 1.26. The van der Waals surface area contributed by atoms with Gasteiger partial charge in [0.15, 0.2) is 37.7 Å². The van der Waals surface area contributed by atoms with Gasteiger partial charge in [0, 0.05) is 6.92 Å². The van der Waals surface area contributed by atoms with Crippen LogP contribution in [0.5, 0.6) is 0 Å². The Hall–Kier alpha value is -1.73. The molecule has 6 fully saturated rings. The van der Waals surface area contributed by atoms with Crippen molar-refractivity contribution in [3.63, 3.8) is 0 Å². The van der Waals surface area contributed by atoms with Crippen LogP contribution < -0.4 is 5.32 Å². The lowest BCUT2D eigenvalue weighted by atomic mass is 9.95. The van der Waals surface area contributed by atoms with Crippen molar-refractivity contribution in [2.45, 2.75) is 191 Å². The molecular weight excluding hydrogens is 966 g/mol. The summed E-state index contributed by atoms with van der Waals surface area (Å²) < 4.78 is 61.8. The number of rotatable bonds is 17. The van der Waals surface area contributed by atoms with E-state index in [0.717, 1.165) is 6.92 Å². The third-order valence-corrected chi connectivity index (χ3v) is 12.8. The summed E-state index contributed by atoms with van der Waals surface area (Å²) >= 11 is 0. The molecule has 0 aromatic heterocycles. The highest BCUT2D eigenvalue weighted by atomic mass is 16.8. The van der Waals surface area contributed by atoms with Gasteiger partial charge >= 0.3 is 0 Å². The standard InChI is InChI=1S/C38H65NO31/c1-8(44)39-15-21(50)30(12(5-43)62-33(15)59)68-37-29(58)31(69-38-32(25(54)18(47)11(4-42)65-38)70-36-28(57)23(52)17(46)10(3-41)64-36)20(49)14(67-37)7-61-35-27(56)24(53)19(48)13(66-35)6-60-34-26(55)22(51)16(45)9(2-40)63-34/h9-38,40-43,45-59H,2-7H2,1H3,(H,39,44)/t9?,10-,11-,12?,13?,14?,15-,16+,17+,18+,19+,20+,21?,22?,23?,24?,25?,26+,27+,28?,29+,30+,31?,32?,33?,34-,35-,36+,37-,38+/m1/s1. The first-order valence-electron chi connectivity index (χ1n) is 22.1. The number of aliphatic hydroxyl groups excluding tert-OH is 19. The van der Waals surface area contributed by atoms with Gasteiger partial charge in [0.05, 0.1) is 39.6 Å². The van der Waals surface area contributed by atoms with Crippen LogP contribution in [0.15, 0.2) is 0 Å². The van der Waals surface area contributed by atoms with Gasteiger partial charge in [0.1, 0.15) is 146 Å². The molecule has 20 N–H and O–H groups in total. The number of hydrogen-bond acceptors (Lipinski definition) is 31. The van der Waals surface area contributed by atoms with Crippen LogP contribution in [0.1, 0.15) is 6.92 Å². The molecule has 70 heavy (non-hydrogen) atoms. The van der Waals surface area contributed by atoms with Crippen LogP contribution >= 0.6 is 0 Å². The number of aliphatic hydroxyl groups is 19. The van der Waals surface area contributed by atoms with E-state index in [0.29, 0.717) is 0 Å². The largest absolute Gasteiger partial charge is 0.394 e. The van der Waals surface area contributed by atoms with E-state index in [-0.39, 0.29) is 0 Å². The lowest BCUT2D eigenvalue weighted by Gasteiger charge is -2.50. The summed E-state index contributed by atoms with van der Waals surface area (Å²) in [7, 11) is 0. The van der Waals surface area contributed by atoms with Gasteiger partial charge in [0.2, 0.25) is 5.91 Å². The molecule has 0 bridgehead atoms. The van der Waals surface area contributed by atoms with Crippen molar-refractivity contribution in [1.29, 1.82) is 0 Å². The highest BCUT2D eigenvalue weighted by molar-refractivity contribution is 5.73. The fourth-order valence-corrected chi connectivity index (χ4v) is 8.69. The lowest BCUT2D eigenvalue weighted by Crippen LogP contribution is -2.69. The summed E-state index contributed by atoms with van der Waals surface area (Å²) in [6.07, 6.45) is -55.8. The Bertz CT molecular complexity index is 1630. The molecule has 0 radical (unpaired) electrons. The van der Waals surface area contributed by atoms with Crippen LogP contribution in [0.2, 0.25) is 0 Å². The van der Waals surface area contributed by atoms with Gasteiger partial charge < -0.3 is 154 Å². The molecular formula is C38H65NO31. The smallest absolute Gasteiger partial charge is 0.217 e. The van der Waals surface area contributed by atoms with Crippen molar-refractivity contribution in [3.05, 3.63) is 0 Å². The number of carbonyl (C=O) groups is 1. The van der Waals surface area contributed by atoms with Gasteiger partial charge in [-0.15, -0.1) is 0 Å². The summed E-state index contributed by atoms with van der Waals surface area (Å²) in [5, 5.41) is 204. The quantitative estimate of drug-likeness (QED) is 0.0643. The molecule has 0 saturated carbocycles. The molecule has 30 atom stereocenters. The van der Waals surface area contributed by atoms with Crippen molar-refractivity contribution in [2.24, 2.45) is 0 Å². The summed E-state index contributed by atoms with van der Waals surface area (Å²) in [5.41, 5.74) is 0. The van der Waals surface area contributed by atoms with Crippen LogP contribution in [0.4, 0.5) is 0 Å². The van der Waals surface area contributed by atoms with Crippen LogP contribution in [-0.2, 0) is 56.9 Å². The minimum Gasteiger partial charge on any atom is -0.394 e. The molecule has 0 aromatic carbocycles. The monoisotopic (exact) mass is 1030 g/mol. The third kappa shape index (κ3) is 12.2. The Kier molecular flexibility index (Phi) is 20.3. The molecule has 0 spiro atoms. The van der Waals surface area contributed by atoms with Crippen LogP contribution in [0.25, 0.3) is 0 Å². The fraction of sp³-hybridized carbons (Fsp3) is 0.974. The van der Waals surface area contributed by atoms with Gasteiger partial charge in [-0.1, -0.05) is 0 Å². The summed E-state index contributed by atoms with van der Waals surface area (Å²) in [5.74, 6) is -0.760. The molecule has 32 nitrogen and oxygen atoms in total. The minimum absolute atomic E-state index is 0.760. The molecule has 6 rings (SSSR count). The van der Waals surface area contributed by atoms with Crippen LogP contribution in [0, 0.1) is 0 Å². The predicted octanol–water partition coefficient (Wildman–Crippen LogP) is -14.0. The first-order valence-corrected chi connectivity index (χ1v) is 22.1. The Labute approximate surface area is 395 Å². The Morgan fingerprint density at radius 1 is 0.371 bits per heavy atom.